The molecule has 0 aliphatic carbocycles. The Morgan fingerprint density at radius 2 is 2.27 bits per heavy atom. The van der Waals surface area contributed by atoms with Crippen LogP contribution in [-0.2, 0) is 4.79 Å². The van der Waals surface area contributed by atoms with Crippen molar-refractivity contribution in [3.63, 3.8) is 0 Å². The highest BCUT2D eigenvalue weighted by molar-refractivity contribution is 5.91. The van der Waals surface area contributed by atoms with Crippen LogP contribution in [0.1, 0.15) is 30.1 Å². The van der Waals surface area contributed by atoms with Gasteiger partial charge in [-0.15, -0.1) is 0 Å². The maximum Gasteiger partial charge on any atom is 0.239 e. The largest absolute Gasteiger partial charge is 0.360 e. The van der Waals surface area contributed by atoms with Gasteiger partial charge in [-0.2, -0.15) is 0 Å². The quantitative estimate of drug-likeness (QED) is 0.937. The lowest BCUT2D eigenvalue weighted by atomic mass is 9.91. The first-order chi connectivity index (χ1) is 10.7. The molecule has 0 bridgehead atoms. The molecule has 0 radical (unpaired) electrons. The maximum atomic E-state index is 12.1. The minimum Gasteiger partial charge on any atom is -0.360 e. The van der Waals surface area contributed by atoms with Crippen LogP contribution >= 0.6 is 0 Å². The van der Waals surface area contributed by atoms with Crippen LogP contribution in [0, 0.1) is 6.92 Å². The van der Waals surface area contributed by atoms with Gasteiger partial charge in [0.1, 0.15) is 5.76 Å². The van der Waals surface area contributed by atoms with Gasteiger partial charge in [-0.1, -0.05) is 5.16 Å². The molecule has 0 aromatic carbocycles. The second kappa shape index (κ2) is 6.70. The van der Waals surface area contributed by atoms with E-state index in [0.717, 1.165) is 25.9 Å². The van der Waals surface area contributed by atoms with E-state index in [4.69, 9.17) is 4.52 Å². The Morgan fingerprint density at radius 1 is 1.45 bits per heavy atom. The number of likely N-dealkylation sites (tertiary alicyclic amines) is 1. The van der Waals surface area contributed by atoms with E-state index in [-0.39, 0.29) is 5.91 Å². The molecule has 3 heterocycles. The number of nitrogens with zero attached hydrogens (tertiary/aromatic N) is 3. The summed E-state index contributed by atoms with van der Waals surface area (Å²) in [5.41, 5.74) is 1.30. The number of carbonyl (C=O) groups is 1. The molecule has 116 valence electrons. The first-order valence-electron chi connectivity index (χ1n) is 7.56. The SMILES string of the molecule is Cc1cc(NC(=O)CN2CCC[C@H](c3ccncc3)C2)no1. The van der Waals surface area contributed by atoms with Gasteiger partial charge >= 0.3 is 0 Å². The molecule has 1 fully saturated rings. The van der Waals surface area contributed by atoms with Gasteiger partial charge in [-0.05, 0) is 49.9 Å². The molecule has 3 rings (SSSR count). The van der Waals surface area contributed by atoms with Crippen LogP contribution in [0.2, 0.25) is 0 Å². The summed E-state index contributed by atoms with van der Waals surface area (Å²) in [5.74, 6) is 1.58. The molecule has 0 spiro atoms. The van der Waals surface area contributed by atoms with E-state index >= 15 is 0 Å². The second-order valence-electron chi connectivity index (χ2n) is 5.73. The predicted octanol–water partition coefficient (Wildman–Crippen LogP) is 2.20. The number of amides is 1. The molecule has 1 N–H and O–H groups in total. The van der Waals surface area contributed by atoms with Gasteiger partial charge in [0, 0.05) is 25.0 Å². The number of rotatable bonds is 4. The molecular formula is C16H20N4O2. The summed E-state index contributed by atoms with van der Waals surface area (Å²) in [6, 6.07) is 5.84. The highest BCUT2D eigenvalue weighted by atomic mass is 16.5. The zero-order chi connectivity index (χ0) is 15.4. The molecule has 22 heavy (non-hydrogen) atoms. The van der Waals surface area contributed by atoms with Gasteiger partial charge in [0.05, 0.1) is 6.54 Å². The van der Waals surface area contributed by atoms with Gasteiger partial charge in [0.2, 0.25) is 5.91 Å². The third-order valence-electron chi connectivity index (χ3n) is 3.95. The lowest BCUT2D eigenvalue weighted by molar-refractivity contribution is -0.117. The summed E-state index contributed by atoms with van der Waals surface area (Å²) < 4.78 is 4.95. The zero-order valence-corrected chi connectivity index (χ0v) is 12.7. The number of pyridine rings is 1. The van der Waals surface area contributed by atoms with Gasteiger partial charge < -0.3 is 9.84 Å². The molecule has 2 aromatic heterocycles. The molecule has 1 aliphatic heterocycles. The van der Waals surface area contributed by atoms with Crippen molar-refractivity contribution < 1.29 is 9.32 Å². The normalized spacial score (nSPS) is 19.0. The molecular weight excluding hydrogens is 280 g/mol. The first-order valence-corrected chi connectivity index (χ1v) is 7.56. The molecule has 6 heteroatoms. The van der Waals surface area contributed by atoms with Crippen LogP contribution in [0.3, 0.4) is 0 Å². The maximum absolute atomic E-state index is 12.1. The van der Waals surface area contributed by atoms with E-state index in [1.165, 1.54) is 5.56 Å². The molecule has 1 atom stereocenters. The summed E-state index contributed by atoms with van der Waals surface area (Å²) in [5, 5.41) is 6.55. The van der Waals surface area contributed by atoms with Gasteiger partial charge in [0.25, 0.3) is 0 Å². The first kappa shape index (κ1) is 14.7. The van der Waals surface area contributed by atoms with Crippen molar-refractivity contribution in [2.75, 3.05) is 25.0 Å². The van der Waals surface area contributed by atoms with Crippen molar-refractivity contribution in [2.24, 2.45) is 0 Å². The predicted molar refractivity (Wildman–Crippen MR) is 82.5 cm³/mol. The average molecular weight is 300 g/mol. The van der Waals surface area contributed by atoms with Crippen LogP contribution in [0.5, 0.6) is 0 Å². The van der Waals surface area contributed by atoms with Crippen molar-refractivity contribution in [1.29, 1.82) is 0 Å². The fourth-order valence-electron chi connectivity index (χ4n) is 2.92. The van der Waals surface area contributed by atoms with E-state index in [1.807, 2.05) is 12.4 Å². The minimum atomic E-state index is -0.0521. The van der Waals surface area contributed by atoms with Crippen LogP contribution in [-0.4, -0.2) is 40.6 Å². The fraction of sp³-hybridized carbons (Fsp3) is 0.438. The number of piperidine rings is 1. The number of carbonyl (C=O) groups excluding carboxylic acids is 1. The highest BCUT2D eigenvalue weighted by Crippen LogP contribution is 2.26. The Balaban J connectivity index is 1.55. The Morgan fingerprint density at radius 3 is 3.00 bits per heavy atom. The summed E-state index contributed by atoms with van der Waals surface area (Å²) >= 11 is 0. The standard InChI is InChI=1S/C16H20N4O2/c1-12-9-15(19-22-12)18-16(21)11-20-8-2-3-14(10-20)13-4-6-17-7-5-13/h4-7,9,14H,2-3,8,10-11H2,1H3,(H,18,19,21)/t14-/m0/s1. The summed E-state index contributed by atoms with van der Waals surface area (Å²) in [6.45, 7) is 4.03. The van der Waals surface area contributed by atoms with Gasteiger partial charge in [0.15, 0.2) is 5.82 Å². The van der Waals surface area contributed by atoms with Crippen LogP contribution in [0.15, 0.2) is 35.1 Å². The van der Waals surface area contributed by atoms with Gasteiger partial charge in [-0.3, -0.25) is 14.7 Å². The van der Waals surface area contributed by atoms with E-state index < -0.39 is 0 Å². The fourth-order valence-corrected chi connectivity index (χ4v) is 2.92. The van der Waals surface area contributed by atoms with Crippen LogP contribution in [0.4, 0.5) is 5.82 Å². The number of nitrogens with one attached hydrogen (secondary N) is 1. The van der Waals surface area contributed by atoms with E-state index in [2.05, 4.69) is 32.5 Å². The van der Waals surface area contributed by atoms with Crippen molar-refractivity contribution in [3.8, 4) is 0 Å². The Bertz CT molecular complexity index is 626. The van der Waals surface area contributed by atoms with E-state index in [1.54, 1.807) is 13.0 Å². The van der Waals surface area contributed by atoms with E-state index in [0.29, 0.717) is 24.0 Å². The smallest absolute Gasteiger partial charge is 0.239 e. The lowest BCUT2D eigenvalue weighted by Gasteiger charge is -2.32. The molecule has 1 aliphatic rings. The monoisotopic (exact) mass is 300 g/mol. The van der Waals surface area contributed by atoms with Crippen molar-refractivity contribution >= 4 is 11.7 Å². The molecule has 0 saturated carbocycles. The Hall–Kier alpha value is -2.21. The number of hydrogen-bond acceptors (Lipinski definition) is 5. The Kier molecular flexibility index (Phi) is 4.48. The van der Waals surface area contributed by atoms with Crippen LogP contribution < -0.4 is 5.32 Å². The third kappa shape index (κ3) is 3.71. The molecule has 6 nitrogen and oxygen atoms in total. The summed E-state index contributed by atoms with van der Waals surface area (Å²) in [7, 11) is 0. The number of aryl methyl sites for hydroxylation is 1. The lowest BCUT2D eigenvalue weighted by Crippen LogP contribution is -2.39. The highest BCUT2D eigenvalue weighted by Gasteiger charge is 2.23. The summed E-state index contributed by atoms with van der Waals surface area (Å²) in [4.78, 5) is 18.3. The third-order valence-corrected chi connectivity index (χ3v) is 3.95. The number of aromatic nitrogens is 2. The Labute approximate surface area is 129 Å². The molecule has 1 amide bonds. The van der Waals surface area contributed by atoms with Gasteiger partial charge in [-0.25, -0.2) is 0 Å². The van der Waals surface area contributed by atoms with Crippen molar-refractivity contribution in [1.82, 2.24) is 15.0 Å². The topological polar surface area (TPSA) is 71.3 Å². The van der Waals surface area contributed by atoms with E-state index in [9.17, 15) is 4.79 Å². The average Bonchev–Trinajstić information content (AvgIpc) is 2.93. The number of anilines is 1. The van der Waals surface area contributed by atoms with Crippen molar-refractivity contribution in [2.45, 2.75) is 25.7 Å². The van der Waals surface area contributed by atoms with Crippen molar-refractivity contribution in [3.05, 3.63) is 41.9 Å². The molecule has 0 unspecified atom stereocenters. The van der Waals surface area contributed by atoms with Crippen LogP contribution in [0.25, 0.3) is 0 Å². The second-order valence-corrected chi connectivity index (χ2v) is 5.73. The summed E-state index contributed by atoms with van der Waals surface area (Å²) in [6.07, 6.45) is 5.91. The minimum absolute atomic E-state index is 0.0521. The molecule has 1 saturated heterocycles. The number of hydrogen-bond donors (Lipinski definition) is 1. The zero-order valence-electron chi connectivity index (χ0n) is 12.7. The molecule has 2 aromatic rings.